The summed E-state index contributed by atoms with van der Waals surface area (Å²) in [5.74, 6) is -0.918. The van der Waals surface area contributed by atoms with Crippen LogP contribution in [-0.4, -0.2) is 17.3 Å². The summed E-state index contributed by atoms with van der Waals surface area (Å²) in [6.45, 7) is 0. The van der Waals surface area contributed by atoms with Crippen molar-refractivity contribution >= 4 is 29.0 Å². The van der Waals surface area contributed by atoms with Crippen LogP contribution in [0.4, 0.5) is 0 Å². The van der Waals surface area contributed by atoms with Crippen molar-refractivity contribution in [3.63, 3.8) is 0 Å². The van der Waals surface area contributed by atoms with Crippen molar-refractivity contribution in [3.8, 4) is 0 Å². The van der Waals surface area contributed by atoms with E-state index in [4.69, 9.17) is 11.6 Å². The lowest BCUT2D eigenvalue weighted by atomic mass is 9.71. The van der Waals surface area contributed by atoms with Gasteiger partial charge in [0.25, 0.3) is 0 Å². The second-order valence-electron chi connectivity index (χ2n) is 6.58. The standard InChI is InChI=1S/C23H15ClO3/c24-17-12-10-15(11-13-17)20(25)14-23(16-6-2-1-3-7-16)21(26)18-8-4-5-9-19(18)22(23)27/h1-13H,14H2. The summed E-state index contributed by atoms with van der Waals surface area (Å²) in [6.07, 6.45) is -0.217. The number of hydrogen-bond donors (Lipinski definition) is 0. The lowest BCUT2D eigenvalue weighted by molar-refractivity contribution is 0.0740. The molecule has 4 heteroatoms. The Balaban J connectivity index is 1.84. The minimum Gasteiger partial charge on any atom is -0.294 e. The number of carbonyl (C=O) groups is 3. The van der Waals surface area contributed by atoms with Gasteiger partial charge in [-0.2, -0.15) is 0 Å². The summed E-state index contributed by atoms with van der Waals surface area (Å²) in [5.41, 5.74) is 0.178. The van der Waals surface area contributed by atoms with Gasteiger partial charge in [-0.05, 0) is 29.8 Å². The van der Waals surface area contributed by atoms with E-state index in [1.807, 2.05) is 6.07 Å². The Morgan fingerprint density at radius 2 is 1.26 bits per heavy atom. The van der Waals surface area contributed by atoms with E-state index in [-0.39, 0.29) is 23.8 Å². The molecule has 0 spiro atoms. The van der Waals surface area contributed by atoms with Crippen molar-refractivity contribution in [3.05, 3.63) is 106 Å². The zero-order valence-corrected chi connectivity index (χ0v) is 15.1. The quantitative estimate of drug-likeness (QED) is 0.480. The van der Waals surface area contributed by atoms with Crippen LogP contribution in [0, 0.1) is 0 Å². The molecule has 132 valence electrons. The molecule has 1 aliphatic carbocycles. The Hall–Kier alpha value is -3.04. The highest BCUT2D eigenvalue weighted by Gasteiger charge is 2.54. The molecule has 27 heavy (non-hydrogen) atoms. The van der Waals surface area contributed by atoms with Gasteiger partial charge in [0.05, 0.1) is 0 Å². The molecule has 0 amide bonds. The molecule has 4 rings (SSSR count). The Morgan fingerprint density at radius 3 is 1.81 bits per heavy atom. The third kappa shape index (κ3) is 2.71. The zero-order chi connectivity index (χ0) is 19.0. The summed E-state index contributed by atoms with van der Waals surface area (Å²) in [5, 5.41) is 0.518. The molecule has 0 unspecified atom stereocenters. The van der Waals surface area contributed by atoms with E-state index in [1.165, 1.54) is 0 Å². The van der Waals surface area contributed by atoms with Crippen LogP contribution >= 0.6 is 11.6 Å². The smallest absolute Gasteiger partial charge is 0.182 e. The van der Waals surface area contributed by atoms with E-state index < -0.39 is 5.41 Å². The lowest BCUT2D eigenvalue weighted by Crippen LogP contribution is -2.40. The minimum absolute atomic E-state index is 0.217. The highest BCUT2D eigenvalue weighted by Crippen LogP contribution is 2.43. The van der Waals surface area contributed by atoms with E-state index in [9.17, 15) is 14.4 Å². The van der Waals surface area contributed by atoms with E-state index in [0.717, 1.165) is 0 Å². The predicted molar refractivity (Wildman–Crippen MR) is 104 cm³/mol. The fraction of sp³-hybridized carbons (Fsp3) is 0.0870. The monoisotopic (exact) mass is 374 g/mol. The van der Waals surface area contributed by atoms with Crippen LogP contribution in [0.25, 0.3) is 0 Å². The van der Waals surface area contributed by atoms with Crippen LogP contribution in [0.3, 0.4) is 0 Å². The van der Waals surface area contributed by atoms with Crippen LogP contribution in [-0.2, 0) is 5.41 Å². The molecule has 3 aromatic carbocycles. The fourth-order valence-corrected chi connectivity index (χ4v) is 3.79. The molecule has 0 N–H and O–H groups in total. The van der Waals surface area contributed by atoms with Crippen molar-refractivity contribution < 1.29 is 14.4 Å². The molecule has 0 heterocycles. The third-order valence-corrected chi connectivity index (χ3v) is 5.30. The van der Waals surface area contributed by atoms with Gasteiger partial charge in [-0.25, -0.2) is 0 Å². The van der Waals surface area contributed by atoms with E-state index in [1.54, 1.807) is 72.8 Å². The molecule has 0 aliphatic heterocycles. The van der Waals surface area contributed by atoms with Gasteiger partial charge in [0.2, 0.25) is 0 Å². The van der Waals surface area contributed by atoms with Crippen LogP contribution in [0.15, 0.2) is 78.9 Å². The molecule has 0 bridgehead atoms. The number of fused-ring (bicyclic) bond motifs is 1. The first-order valence-corrected chi connectivity index (χ1v) is 8.95. The maximum Gasteiger partial charge on any atom is 0.182 e. The molecule has 0 fully saturated rings. The molecular formula is C23H15ClO3. The van der Waals surface area contributed by atoms with Gasteiger partial charge < -0.3 is 0 Å². The van der Waals surface area contributed by atoms with Gasteiger partial charge in [-0.3, -0.25) is 14.4 Å². The molecule has 3 aromatic rings. The minimum atomic E-state index is -1.53. The third-order valence-electron chi connectivity index (χ3n) is 5.05. The molecule has 3 nitrogen and oxygen atoms in total. The molecule has 0 saturated carbocycles. The predicted octanol–water partition coefficient (Wildman–Crippen LogP) is 4.93. The van der Waals surface area contributed by atoms with Crippen LogP contribution in [0.2, 0.25) is 5.02 Å². The van der Waals surface area contributed by atoms with Gasteiger partial charge in [0.15, 0.2) is 17.3 Å². The van der Waals surface area contributed by atoms with Gasteiger partial charge in [-0.1, -0.05) is 66.2 Å². The SMILES string of the molecule is O=C(CC1(c2ccccc2)C(=O)c2ccccc2C1=O)c1ccc(Cl)cc1. The number of ketones is 3. The Kier molecular flexibility index (Phi) is 4.25. The number of Topliss-reactive ketones (excluding diaryl/α,β-unsaturated/α-hetero) is 3. The van der Waals surface area contributed by atoms with Crippen molar-refractivity contribution in [2.24, 2.45) is 0 Å². The summed E-state index contributed by atoms with van der Waals surface area (Å²) in [6, 6.07) is 22.0. The van der Waals surface area contributed by atoms with Crippen LogP contribution < -0.4 is 0 Å². The highest BCUT2D eigenvalue weighted by atomic mass is 35.5. The Morgan fingerprint density at radius 1 is 0.741 bits per heavy atom. The molecular weight excluding hydrogens is 360 g/mol. The number of hydrogen-bond acceptors (Lipinski definition) is 3. The van der Waals surface area contributed by atoms with Crippen molar-refractivity contribution in [1.82, 2.24) is 0 Å². The zero-order valence-electron chi connectivity index (χ0n) is 14.3. The topological polar surface area (TPSA) is 51.2 Å². The number of rotatable bonds is 4. The highest BCUT2D eigenvalue weighted by molar-refractivity contribution is 6.34. The van der Waals surface area contributed by atoms with Gasteiger partial charge in [0, 0.05) is 28.1 Å². The summed E-state index contributed by atoms with van der Waals surface area (Å²) in [7, 11) is 0. The van der Waals surface area contributed by atoms with E-state index in [0.29, 0.717) is 27.3 Å². The molecule has 1 aliphatic rings. The molecule has 0 aromatic heterocycles. The normalized spacial score (nSPS) is 14.9. The number of carbonyl (C=O) groups excluding carboxylic acids is 3. The Bertz CT molecular complexity index is 1020. The Labute approximate surface area is 161 Å². The number of benzene rings is 3. The summed E-state index contributed by atoms with van der Waals surface area (Å²) < 4.78 is 0. The maximum absolute atomic E-state index is 13.4. The van der Waals surface area contributed by atoms with Gasteiger partial charge in [0.1, 0.15) is 5.41 Å². The molecule has 0 atom stereocenters. The fourth-order valence-electron chi connectivity index (χ4n) is 3.67. The van der Waals surface area contributed by atoms with E-state index >= 15 is 0 Å². The van der Waals surface area contributed by atoms with Crippen molar-refractivity contribution in [2.75, 3.05) is 0 Å². The largest absolute Gasteiger partial charge is 0.294 e. The summed E-state index contributed by atoms with van der Waals surface area (Å²) >= 11 is 5.90. The van der Waals surface area contributed by atoms with Crippen molar-refractivity contribution in [1.29, 1.82) is 0 Å². The first-order valence-electron chi connectivity index (χ1n) is 8.57. The van der Waals surface area contributed by atoms with Gasteiger partial charge in [-0.15, -0.1) is 0 Å². The average molecular weight is 375 g/mol. The average Bonchev–Trinajstić information content (AvgIpc) is 2.92. The molecule has 0 radical (unpaired) electrons. The van der Waals surface area contributed by atoms with Gasteiger partial charge >= 0.3 is 0 Å². The van der Waals surface area contributed by atoms with Crippen molar-refractivity contribution in [2.45, 2.75) is 11.8 Å². The first kappa shape index (κ1) is 17.4. The summed E-state index contributed by atoms with van der Waals surface area (Å²) in [4.78, 5) is 39.7. The molecule has 0 saturated heterocycles. The van der Waals surface area contributed by atoms with Crippen LogP contribution in [0.5, 0.6) is 0 Å². The second kappa shape index (κ2) is 6.60. The van der Waals surface area contributed by atoms with Crippen LogP contribution in [0.1, 0.15) is 43.1 Å². The van der Waals surface area contributed by atoms with E-state index in [2.05, 4.69) is 0 Å². The first-order chi connectivity index (χ1) is 13.0. The number of halogens is 1. The maximum atomic E-state index is 13.4. The lowest BCUT2D eigenvalue weighted by Gasteiger charge is -2.26. The second-order valence-corrected chi connectivity index (χ2v) is 7.02.